The molecule has 0 spiro atoms. The lowest BCUT2D eigenvalue weighted by Gasteiger charge is -2.18. The summed E-state index contributed by atoms with van der Waals surface area (Å²) in [6.07, 6.45) is -1.83. The Bertz CT molecular complexity index is 186. The molecule has 5 nitrogen and oxygen atoms in total. The van der Waals surface area contributed by atoms with Crippen LogP contribution in [0.5, 0.6) is 0 Å². The lowest BCUT2D eigenvalue weighted by molar-refractivity contribution is -0.161. The zero-order valence-electron chi connectivity index (χ0n) is 6.89. The van der Waals surface area contributed by atoms with Gasteiger partial charge in [-0.25, -0.2) is 4.79 Å². The van der Waals surface area contributed by atoms with Gasteiger partial charge in [0.05, 0.1) is 5.92 Å². The van der Waals surface area contributed by atoms with E-state index in [2.05, 4.69) is 0 Å². The predicted molar refractivity (Wildman–Crippen MR) is 39.6 cm³/mol. The van der Waals surface area contributed by atoms with E-state index >= 15 is 0 Å². The molecule has 0 saturated heterocycles. The molecule has 0 fully saturated rings. The predicted octanol–water partition coefficient (Wildman–Crippen LogP) is -0.211. The van der Waals surface area contributed by atoms with Crippen LogP contribution in [0.15, 0.2) is 0 Å². The van der Waals surface area contributed by atoms with E-state index in [1.807, 2.05) is 0 Å². The summed E-state index contributed by atoms with van der Waals surface area (Å²) >= 11 is 0. The Morgan fingerprint density at radius 1 is 1.08 bits per heavy atom. The number of hydrogen-bond donors (Lipinski definition) is 3. The van der Waals surface area contributed by atoms with E-state index in [-0.39, 0.29) is 0 Å². The molecule has 0 aliphatic carbocycles. The summed E-state index contributed by atoms with van der Waals surface area (Å²) in [5.41, 5.74) is 0. The van der Waals surface area contributed by atoms with Crippen LogP contribution in [-0.2, 0) is 9.59 Å². The molecule has 12 heavy (non-hydrogen) atoms. The molecule has 0 rings (SSSR count). The number of aliphatic carboxylic acids is 2. The summed E-state index contributed by atoms with van der Waals surface area (Å²) in [4.78, 5) is 20.7. The second-order valence-electron chi connectivity index (χ2n) is 2.89. The Balaban J connectivity index is 4.51. The molecule has 5 heteroatoms. The largest absolute Gasteiger partial charge is 0.481 e. The zero-order chi connectivity index (χ0) is 9.89. The molecule has 0 heterocycles. The van der Waals surface area contributed by atoms with Crippen molar-refractivity contribution in [2.45, 2.75) is 20.0 Å². The van der Waals surface area contributed by atoms with Crippen molar-refractivity contribution in [3.8, 4) is 0 Å². The standard InChI is InChI=1S/C7H12O5/c1-3(2)4(6(9)10)5(8)7(11)12/h3-5,8H,1-2H3,(H,9,10)(H,11,12)/t4?,5-/m0/s1. The van der Waals surface area contributed by atoms with Crippen molar-refractivity contribution in [2.75, 3.05) is 0 Å². The van der Waals surface area contributed by atoms with E-state index < -0.39 is 29.9 Å². The minimum absolute atomic E-state index is 0.409. The molecular formula is C7H12O5. The molecule has 0 saturated carbocycles. The molecule has 0 radical (unpaired) electrons. The minimum atomic E-state index is -1.83. The van der Waals surface area contributed by atoms with Crippen molar-refractivity contribution in [1.82, 2.24) is 0 Å². The quantitative estimate of drug-likeness (QED) is 0.550. The first-order valence-corrected chi connectivity index (χ1v) is 3.51. The lowest BCUT2D eigenvalue weighted by atomic mass is 9.90. The van der Waals surface area contributed by atoms with Gasteiger partial charge < -0.3 is 15.3 Å². The first-order valence-electron chi connectivity index (χ1n) is 3.51. The molecule has 3 N–H and O–H groups in total. The van der Waals surface area contributed by atoms with Crippen molar-refractivity contribution in [3.05, 3.63) is 0 Å². The number of aliphatic hydroxyl groups is 1. The Hall–Kier alpha value is -1.10. The van der Waals surface area contributed by atoms with E-state index in [0.717, 1.165) is 0 Å². The summed E-state index contributed by atoms with van der Waals surface area (Å²) in [7, 11) is 0. The maximum atomic E-state index is 10.5. The van der Waals surface area contributed by atoms with Gasteiger partial charge in [0.2, 0.25) is 0 Å². The lowest BCUT2D eigenvalue weighted by Crippen LogP contribution is -2.37. The van der Waals surface area contributed by atoms with Gasteiger partial charge in [0, 0.05) is 0 Å². The molecule has 0 aromatic rings. The number of rotatable bonds is 4. The van der Waals surface area contributed by atoms with Crippen LogP contribution in [0.2, 0.25) is 0 Å². The zero-order valence-corrected chi connectivity index (χ0v) is 6.89. The van der Waals surface area contributed by atoms with Crippen LogP contribution in [0.4, 0.5) is 0 Å². The molecule has 0 aliphatic rings. The molecule has 0 amide bonds. The van der Waals surface area contributed by atoms with E-state index in [1.165, 1.54) is 0 Å². The monoisotopic (exact) mass is 176 g/mol. The maximum Gasteiger partial charge on any atom is 0.333 e. The van der Waals surface area contributed by atoms with Crippen molar-refractivity contribution in [3.63, 3.8) is 0 Å². The van der Waals surface area contributed by atoms with Gasteiger partial charge in [-0.05, 0) is 5.92 Å². The van der Waals surface area contributed by atoms with Crippen LogP contribution < -0.4 is 0 Å². The number of carboxylic acids is 2. The van der Waals surface area contributed by atoms with Gasteiger partial charge in [-0.1, -0.05) is 13.8 Å². The number of aliphatic hydroxyl groups excluding tert-OH is 1. The van der Waals surface area contributed by atoms with E-state index in [1.54, 1.807) is 13.8 Å². The Labute approximate surface area is 69.6 Å². The molecule has 2 atom stereocenters. The smallest absolute Gasteiger partial charge is 0.333 e. The first-order chi connectivity index (χ1) is 5.37. The molecule has 0 aromatic carbocycles. The SMILES string of the molecule is CC(C)C(C(=O)O)[C@H](O)C(=O)O. The van der Waals surface area contributed by atoms with Crippen LogP contribution in [0, 0.1) is 11.8 Å². The van der Waals surface area contributed by atoms with E-state index in [9.17, 15) is 9.59 Å². The highest BCUT2D eigenvalue weighted by molar-refractivity contribution is 5.81. The first kappa shape index (κ1) is 10.9. The second kappa shape index (κ2) is 4.06. The molecule has 70 valence electrons. The third-order valence-electron chi connectivity index (χ3n) is 1.60. The normalized spacial score (nSPS) is 15.7. The molecular weight excluding hydrogens is 164 g/mol. The average molecular weight is 176 g/mol. The fraction of sp³-hybridized carbons (Fsp3) is 0.714. The van der Waals surface area contributed by atoms with Crippen molar-refractivity contribution < 1.29 is 24.9 Å². The highest BCUT2D eigenvalue weighted by atomic mass is 16.4. The summed E-state index contributed by atoms with van der Waals surface area (Å²) in [6, 6.07) is 0. The van der Waals surface area contributed by atoms with E-state index in [4.69, 9.17) is 15.3 Å². The van der Waals surface area contributed by atoms with Crippen LogP contribution in [0.3, 0.4) is 0 Å². The van der Waals surface area contributed by atoms with Gasteiger partial charge in [-0.15, -0.1) is 0 Å². The molecule has 0 bridgehead atoms. The Kier molecular flexibility index (Phi) is 3.69. The average Bonchev–Trinajstić information content (AvgIpc) is 1.85. The van der Waals surface area contributed by atoms with E-state index in [0.29, 0.717) is 0 Å². The third-order valence-corrected chi connectivity index (χ3v) is 1.60. The number of hydrogen-bond acceptors (Lipinski definition) is 3. The molecule has 0 aromatic heterocycles. The molecule has 1 unspecified atom stereocenters. The summed E-state index contributed by atoms with van der Waals surface area (Å²) < 4.78 is 0. The fourth-order valence-corrected chi connectivity index (χ4v) is 0.938. The van der Waals surface area contributed by atoms with Gasteiger partial charge in [0.15, 0.2) is 6.10 Å². The van der Waals surface area contributed by atoms with Crippen LogP contribution in [0.1, 0.15) is 13.8 Å². The van der Waals surface area contributed by atoms with Crippen LogP contribution >= 0.6 is 0 Å². The number of carbonyl (C=O) groups is 2. The third kappa shape index (κ3) is 2.50. The summed E-state index contributed by atoms with van der Waals surface area (Å²) in [5, 5.41) is 25.8. The second-order valence-corrected chi connectivity index (χ2v) is 2.89. The van der Waals surface area contributed by atoms with Gasteiger partial charge in [-0.3, -0.25) is 4.79 Å². The maximum absolute atomic E-state index is 10.5. The van der Waals surface area contributed by atoms with Gasteiger partial charge in [0.1, 0.15) is 0 Å². The summed E-state index contributed by atoms with van der Waals surface area (Å²) in [6.45, 7) is 3.09. The minimum Gasteiger partial charge on any atom is -0.481 e. The Morgan fingerprint density at radius 3 is 1.58 bits per heavy atom. The Morgan fingerprint density at radius 2 is 1.50 bits per heavy atom. The van der Waals surface area contributed by atoms with Crippen molar-refractivity contribution in [1.29, 1.82) is 0 Å². The topological polar surface area (TPSA) is 94.8 Å². The molecule has 0 aliphatic heterocycles. The number of carboxylic acid groups (broad SMARTS) is 2. The van der Waals surface area contributed by atoms with Crippen LogP contribution in [0.25, 0.3) is 0 Å². The van der Waals surface area contributed by atoms with Gasteiger partial charge in [-0.2, -0.15) is 0 Å². The van der Waals surface area contributed by atoms with Crippen molar-refractivity contribution in [2.24, 2.45) is 11.8 Å². The highest BCUT2D eigenvalue weighted by Gasteiger charge is 2.34. The summed E-state index contributed by atoms with van der Waals surface area (Å²) in [5.74, 6) is -4.45. The van der Waals surface area contributed by atoms with Gasteiger partial charge >= 0.3 is 11.9 Å². The van der Waals surface area contributed by atoms with Crippen LogP contribution in [-0.4, -0.2) is 33.4 Å². The fourth-order valence-electron chi connectivity index (χ4n) is 0.938. The highest BCUT2D eigenvalue weighted by Crippen LogP contribution is 2.15. The van der Waals surface area contributed by atoms with Crippen molar-refractivity contribution >= 4 is 11.9 Å². The van der Waals surface area contributed by atoms with Gasteiger partial charge in [0.25, 0.3) is 0 Å².